The first kappa shape index (κ1) is 21.5. The normalized spacial score (nSPS) is 17.0. The van der Waals surface area contributed by atoms with Crippen LogP contribution in [0.5, 0.6) is 0 Å². The average Bonchev–Trinajstić information content (AvgIpc) is 3.03. The summed E-state index contributed by atoms with van der Waals surface area (Å²) in [5, 5.41) is 8.51. The summed E-state index contributed by atoms with van der Waals surface area (Å²) in [6.45, 7) is 4.98. The molecular formula is C18H24Cl2N4O3. The first-order valence-electron chi connectivity index (χ1n) is 8.84. The number of hydrogen-bond acceptors (Lipinski definition) is 4. The highest BCUT2D eigenvalue weighted by Gasteiger charge is 2.32. The fourth-order valence-electron chi connectivity index (χ4n) is 2.81. The van der Waals surface area contributed by atoms with Gasteiger partial charge in [0, 0.05) is 11.6 Å². The van der Waals surface area contributed by atoms with Gasteiger partial charge in [0.15, 0.2) is 0 Å². The summed E-state index contributed by atoms with van der Waals surface area (Å²) in [6.07, 6.45) is 1.42. The Bertz CT molecular complexity index is 712. The molecule has 0 saturated carbocycles. The number of imide groups is 1. The van der Waals surface area contributed by atoms with Crippen LogP contribution < -0.4 is 16.0 Å². The molecule has 3 N–H and O–H groups in total. The lowest BCUT2D eigenvalue weighted by Gasteiger charge is -2.23. The summed E-state index contributed by atoms with van der Waals surface area (Å²) >= 11 is 11.9. The van der Waals surface area contributed by atoms with Crippen LogP contribution in [-0.4, -0.2) is 48.4 Å². The Hall–Kier alpha value is -1.83. The summed E-state index contributed by atoms with van der Waals surface area (Å²) < 4.78 is 0. The molecule has 27 heavy (non-hydrogen) atoms. The van der Waals surface area contributed by atoms with Gasteiger partial charge in [-0.1, -0.05) is 37.0 Å². The highest BCUT2D eigenvalue weighted by molar-refractivity contribution is 6.36. The summed E-state index contributed by atoms with van der Waals surface area (Å²) in [5.41, 5.74) is 0.468. The van der Waals surface area contributed by atoms with Crippen LogP contribution in [0.15, 0.2) is 18.2 Å². The molecule has 1 aliphatic heterocycles. The predicted octanol–water partition coefficient (Wildman–Crippen LogP) is 2.88. The van der Waals surface area contributed by atoms with E-state index in [1.54, 1.807) is 23.1 Å². The fourth-order valence-corrected chi connectivity index (χ4v) is 3.27. The highest BCUT2D eigenvalue weighted by Crippen LogP contribution is 2.26. The van der Waals surface area contributed by atoms with Crippen molar-refractivity contribution in [2.75, 3.05) is 25.0 Å². The van der Waals surface area contributed by atoms with Crippen LogP contribution in [0.1, 0.15) is 26.7 Å². The summed E-state index contributed by atoms with van der Waals surface area (Å²) in [5.74, 6) is -0.397. The molecule has 1 saturated heterocycles. The van der Waals surface area contributed by atoms with Crippen LogP contribution in [0.3, 0.4) is 0 Å². The fraction of sp³-hybridized carbons (Fsp3) is 0.500. The maximum absolute atomic E-state index is 12.6. The van der Waals surface area contributed by atoms with Crippen molar-refractivity contribution in [3.05, 3.63) is 28.2 Å². The van der Waals surface area contributed by atoms with E-state index in [4.69, 9.17) is 23.2 Å². The molecule has 7 nitrogen and oxygen atoms in total. The highest BCUT2D eigenvalue weighted by atomic mass is 35.5. The number of carbonyl (C=O) groups excluding carboxylic acids is 3. The second-order valence-electron chi connectivity index (χ2n) is 6.89. The van der Waals surface area contributed by atoms with Crippen LogP contribution in [-0.2, 0) is 9.59 Å². The number of carbonyl (C=O) groups is 3. The van der Waals surface area contributed by atoms with Crippen molar-refractivity contribution < 1.29 is 14.4 Å². The van der Waals surface area contributed by atoms with Crippen molar-refractivity contribution in [3.63, 3.8) is 0 Å². The number of halogens is 2. The van der Waals surface area contributed by atoms with Gasteiger partial charge in [-0.3, -0.25) is 19.8 Å². The lowest BCUT2D eigenvalue weighted by molar-refractivity contribution is -0.124. The van der Waals surface area contributed by atoms with Crippen molar-refractivity contribution >= 4 is 46.7 Å². The predicted molar refractivity (Wildman–Crippen MR) is 106 cm³/mol. The van der Waals surface area contributed by atoms with Gasteiger partial charge in [-0.2, -0.15) is 0 Å². The largest absolute Gasteiger partial charge is 0.338 e. The smallest absolute Gasteiger partial charge is 0.321 e. The van der Waals surface area contributed by atoms with E-state index in [1.165, 1.54) is 0 Å². The first-order chi connectivity index (χ1) is 12.8. The molecule has 1 fully saturated rings. The van der Waals surface area contributed by atoms with Gasteiger partial charge in [0.2, 0.25) is 11.8 Å². The second-order valence-corrected chi connectivity index (χ2v) is 7.74. The zero-order valence-corrected chi connectivity index (χ0v) is 16.9. The van der Waals surface area contributed by atoms with Gasteiger partial charge in [-0.15, -0.1) is 0 Å². The van der Waals surface area contributed by atoms with E-state index in [1.807, 2.05) is 13.8 Å². The van der Waals surface area contributed by atoms with Gasteiger partial charge in [-0.25, -0.2) is 4.79 Å². The molecule has 0 unspecified atom stereocenters. The molecule has 1 aromatic carbocycles. The topological polar surface area (TPSA) is 90.5 Å². The van der Waals surface area contributed by atoms with Crippen molar-refractivity contribution in [1.82, 2.24) is 15.5 Å². The number of likely N-dealkylation sites (tertiary alicyclic amines) is 1. The third-order valence-electron chi connectivity index (χ3n) is 4.13. The third-order valence-corrected chi connectivity index (χ3v) is 4.67. The quantitative estimate of drug-likeness (QED) is 0.667. The van der Waals surface area contributed by atoms with Gasteiger partial charge in [0.05, 0.1) is 23.3 Å². The molecule has 0 spiro atoms. The monoisotopic (exact) mass is 414 g/mol. The van der Waals surface area contributed by atoms with Crippen molar-refractivity contribution in [2.24, 2.45) is 5.92 Å². The molecule has 1 aromatic rings. The maximum Gasteiger partial charge on any atom is 0.321 e. The number of amides is 4. The average molecular weight is 415 g/mol. The summed E-state index contributed by atoms with van der Waals surface area (Å²) in [4.78, 5) is 38.1. The number of urea groups is 1. The number of anilines is 1. The van der Waals surface area contributed by atoms with Crippen LogP contribution in [0, 0.1) is 5.92 Å². The lowest BCUT2D eigenvalue weighted by Crippen LogP contribution is -2.48. The van der Waals surface area contributed by atoms with Crippen LogP contribution in [0.2, 0.25) is 10.0 Å². The van der Waals surface area contributed by atoms with Crippen molar-refractivity contribution in [3.8, 4) is 0 Å². The van der Waals surface area contributed by atoms with Crippen LogP contribution >= 0.6 is 23.2 Å². The van der Waals surface area contributed by atoms with Gasteiger partial charge < -0.3 is 10.6 Å². The first-order valence-corrected chi connectivity index (χ1v) is 9.59. The minimum Gasteiger partial charge on any atom is -0.338 e. The summed E-state index contributed by atoms with van der Waals surface area (Å²) in [6, 6.07) is 3.84. The van der Waals surface area contributed by atoms with E-state index in [9.17, 15) is 14.4 Å². The number of nitrogens with zero attached hydrogens (tertiary/aromatic N) is 1. The minimum absolute atomic E-state index is 0.0263. The van der Waals surface area contributed by atoms with Crippen molar-refractivity contribution in [2.45, 2.75) is 32.7 Å². The molecule has 0 aromatic heterocycles. The third kappa shape index (κ3) is 6.68. The second kappa shape index (κ2) is 9.92. The van der Waals surface area contributed by atoms with Gasteiger partial charge in [0.1, 0.15) is 0 Å². The number of nitrogens with one attached hydrogen (secondary N) is 3. The Morgan fingerprint density at radius 3 is 2.67 bits per heavy atom. The van der Waals surface area contributed by atoms with E-state index in [2.05, 4.69) is 16.0 Å². The molecular weight excluding hydrogens is 391 g/mol. The van der Waals surface area contributed by atoms with Gasteiger partial charge >= 0.3 is 6.03 Å². The van der Waals surface area contributed by atoms with Crippen LogP contribution in [0.25, 0.3) is 0 Å². The summed E-state index contributed by atoms with van der Waals surface area (Å²) in [7, 11) is 0. The molecule has 148 valence electrons. The molecule has 1 heterocycles. The van der Waals surface area contributed by atoms with E-state index < -0.39 is 18.0 Å². The molecule has 1 atom stereocenters. The SMILES string of the molecule is CC(C)CNC(=O)NC(=O)CN1CCC[C@H]1C(=O)Nc1ccc(Cl)cc1Cl. The maximum atomic E-state index is 12.6. The van der Waals surface area contributed by atoms with Gasteiger partial charge in [-0.05, 0) is 43.5 Å². The van der Waals surface area contributed by atoms with Gasteiger partial charge in [0.25, 0.3) is 0 Å². The molecule has 0 aliphatic carbocycles. The number of rotatable bonds is 6. The minimum atomic E-state index is -0.526. The van der Waals surface area contributed by atoms with E-state index in [0.29, 0.717) is 35.2 Å². The molecule has 4 amide bonds. The number of hydrogen-bond donors (Lipinski definition) is 3. The zero-order chi connectivity index (χ0) is 20.0. The van der Waals surface area contributed by atoms with E-state index >= 15 is 0 Å². The molecule has 2 rings (SSSR count). The van der Waals surface area contributed by atoms with E-state index in [0.717, 1.165) is 6.42 Å². The zero-order valence-electron chi connectivity index (χ0n) is 15.4. The molecule has 0 bridgehead atoms. The van der Waals surface area contributed by atoms with Crippen LogP contribution in [0.4, 0.5) is 10.5 Å². The molecule has 1 aliphatic rings. The Morgan fingerprint density at radius 2 is 2.00 bits per heavy atom. The Morgan fingerprint density at radius 1 is 1.26 bits per heavy atom. The Labute approximate surface area is 168 Å². The van der Waals surface area contributed by atoms with Crippen molar-refractivity contribution in [1.29, 1.82) is 0 Å². The molecule has 9 heteroatoms. The standard InChI is InChI=1S/C18H24Cl2N4O3/c1-11(2)9-21-18(27)23-16(25)10-24-7-3-4-15(24)17(26)22-14-6-5-12(19)8-13(14)20/h5-6,8,11,15H,3-4,7,9-10H2,1-2H3,(H,22,26)(H2,21,23,25,27)/t15-/m0/s1. The molecule has 0 radical (unpaired) electrons. The lowest BCUT2D eigenvalue weighted by atomic mass is 10.2. The van der Waals surface area contributed by atoms with E-state index in [-0.39, 0.29) is 18.4 Å². The Kier molecular flexibility index (Phi) is 7.89. The Balaban J connectivity index is 1.89. The number of benzene rings is 1.